The lowest BCUT2D eigenvalue weighted by atomic mass is 10.0. The standard InChI is InChI=1S/C16H19ClN2OS/c1-3-19(10-13-8-9-14(17)21-13)16(20)15(18)12-6-4-11(2)5-7-12/h4-9,15H,3,10,18H2,1-2H3. The van der Waals surface area contributed by atoms with E-state index in [2.05, 4.69) is 0 Å². The zero-order chi connectivity index (χ0) is 15.4. The molecule has 112 valence electrons. The average molecular weight is 323 g/mol. The molecule has 1 heterocycles. The fourth-order valence-corrected chi connectivity index (χ4v) is 3.19. The van der Waals surface area contributed by atoms with E-state index in [-0.39, 0.29) is 5.91 Å². The van der Waals surface area contributed by atoms with Crippen molar-refractivity contribution in [3.05, 3.63) is 56.7 Å². The van der Waals surface area contributed by atoms with Gasteiger partial charge in [-0.2, -0.15) is 0 Å². The van der Waals surface area contributed by atoms with Gasteiger partial charge in [0.25, 0.3) is 0 Å². The van der Waals surface area contributed by atoms with Crippen molar-refractivity contribution in [3.63, 3.8) is 0 Å². The summed E-state index contributed by atoms with van der Waals surface area (Å²) in [5.74, 6) is -0.0640. The Morgan fingerprint density at radius 1 is 1.29 bits per heavy atom. The minimum Gasteiger partial charge on any atom is -0.336 e. The molecule has 21 heavy (non-hydrogen) atoms. The van der Waals surface area contributed by atoms with Crippen molar-refractivity contribution in [2.24, 2.45) is 5.73 Å². The van der Waals surface area contributed by atoms with Crippen LogP contribution in [0.4, 0.5) is 0 Å². The summed E-state index contributed by atoms with van der Waals surface area (Å²) in [5.41, 5.74) is 8.10. The number of hydrogen-bond donors (Lipinski definition) is 1. The van der Waals surface area contributed by atoms with E-state index in [1.54, 1.807) is 4.90 Å². The monoisotopic (exact) mass is 322 g/mol. The van der Waals surface area contributed by atoms with Crippen LogP contribution >= 0.6 is 22.9 Å². The molecule has 0 fully saturated rings. The van der Waals surface area contributed by atoms with Gasteiger partial charge < -0.3 is 10.6 Å². The predicted molar refractivity (Wildman–Crippen MR) is 88.5 cm³/mol. The lowest BCUT2D eigenvalue weighted by Crippen LogP contribution is -2.37. The summed E-state index contributed by atoms with van der Waals surface area (Å²) in [5, 5.41) is 0. The SMILES string of the molecule is CCN(Cc1ccc(Cl)s1)C(=O)C(N)c1ccc(C)cc1. The van der Waals surface area contributed by atoms with Gasteiger partial charge in [-0.05, 0) is 31.5 Å². The van der Waals surface area contributed by atoms with Gasteiger partial charge in [-0.1, -0.05) is 41.4 Å². The van der Waals surface area contributed by atoms with Gasteiger partial charge in [-0.3, -0.25) is 4.79 Å². The topological polar surface area (TPSA) is 46.3 Å². The molecule has 2 aromatic rings. The average Bonchev–Trinajstić information content (AvgIpc) is 2.89. The van der Waals surface area contributed by atoms with E-state index in [0.717, 1.165) is 20.3 Å². The summed E-state index contributed by atoms with van der Waals surface area (Å²) in [6, 6.07) is 10.9. The molecule has 0 bridgehead atoms. The van der Waals surface area contributed by atoms with Crippen LogP contribution in [-0.2, 0) is 11.3 Å². The van der Waals surface area contributed by atoms with Gasteiger partial charge >= 0.3 is 0 Å². The number of rotatable bonds is 5. The molecule has 0 radical (unpaired) electrons. The van der Waals surface area contributed by atoms with Crippen molar-refractivity contribution >= 4 is 28.8 Å². The molecule has 0 spiro atoms. The number of hydrogen-bond acceptors (Lipinski definition) is 3. The third-order valence-corrected chi connectivity index (χ3v) is 4.59. The molecular weight excluding hydrogens is 304 g/mol. The first-order valence-electron chi connectivity index (χ1n) is 6.86. The Bertz CT molecular complexity index is 609. The van der Waals surface area contributed by atoms with Crippen LogP contribution in [0.25, 0.3) is 0 Å². The van der Waals surface area contributed by atoms with Crippen LogP contribution in [0.1, 0.15) is 29.0 Å². The van der Waals surface area contributed by atoms with E-state index in [4.69, 9.17) is 17.3 Å². The first-order valence-corrected chi connectivity index (χ1v) is 8.06. The Morgan fingerprint density at radius 3 is 2.48 bits per heavy atom. The molecule has 0 aliphatic carbocycles. The number of halogens is 1. The van der Waals surface area contributed by atoms with Crippen molar-refractivity contribution in [3.8, 4) is 0 Å². The Kier molecular flexibility index (Phi) is 5.39. The number of carbonyl (C=O) groups is 1. The Hall–Kier alpha value is -1.36. The van der Waals surface area contributed by atoms with Gasteiger partial charge in [0, 0.05) is 11.4 Å². The number of aryl methyl sites for hydroxylation is 1. The van der Waals surface area contributed by atoms with Gasteiger partial charge in [-0.25, -0.2) is 0 Å². The number of thiophene rings is 1. The van der Waals surface area contributed by atoms with E-state index in [1.807, 2.05) is 50.2 Å². The maximum absolute atomic E-state index is 12.5. The maximum Gasteiger partial charge on any atom is 0.244 e. The predicted octanol–water partition coefficient (Wildman–Crippen LogP) is 3.76. The third-order valence-electron chi connectivity index (χ3n) is 3.37. The van der Waals surface area contributed by atoms with Crippen LogP contribution < -0.4 is 5.73 Å². The molecule has 1 amide bonds. The number of nitrogens with zero attached hydrogens (tertiary/aromatic N) is 1. The van der Waals surface area contributed by atoms with Gasteiger partial charge in [0.15, 0.2) is 0 Å². The van der Waals surface area contributed by atoms with Crippen molar-refractivity contribution < 1.29 is 4.79 Å². The van der Waals surface area contributed by atoms with E-state index in [1.165, 1.54) is 11.3 Å². The molecule has 5 heteroatoms. The first kappa shape index (κ1) is 16.0. The quantitative estimate of drug-likeness (QED) is 0.911. The fraction of sp³-hybridized carbons (Fsp3) is 0.312. The fourth-order valence-electron chi connectivity index (χ4n) is 2.08. The Balaban J connectivity index is 2.10. The second-order valence-corrected chi connectivity index (χ2v) is 6.75. The molecule has 0 aliphatic rings. The second-order valence-electron chi connectivity index (χ2n) is 4.95. The van der Waals surface area contributed by atoms with Crippen LogP contribution in [0.15, 0.2) is 36.4 Å². The number of benzene rings is 1. The molecule has 3 nitrogen and oxygen atoms in total. The van der Waals surface area contributed by atoms with E-state index in [0.29, 0.717) is 13.1 Å². The maximum atomic E-state index is 12.5. The largest absolute Gasteiger partial charge is 0.336 e. The first-order chi connectivity index (χ1) is 10.0. The summed E-state index contributed by atoms with van der Waals surface area (Å²) in [4.78, 5) is 15.4. The molecule has 1 atom stereocenters. The van der Waals surface area contributed by atoms with Crippen LogP contribution in [0.5, 0.6) is 0 Å². The minimum atomic E-state index is -0.624. The summed E-state index contributed by atoms with van der Waals surface area (Å²) >= 11 is 7.42. The molecule has 1 aromatic heterocycles. The molecule has 0 aliphatic heterocycles. The lowest BCUT2D eigenvalue weighted by molar-refractivity contribution is -0.133. The van der Waals surface area contributed by atoms with Gasteiger partial charge in [0.1, 0.15) is 6.04 Å². The minimum absolute atomic E-state index is 0.0640. The van der Waals surface area contributed by atoms with E-state index >= 15 is 0 Å². The summed E-state index contributed by atoms with van der Waals surface area (Å²) in [7, 11) is 0. The van der Waals surface area contributed by atoms with Crippen LogP contribution in [-0.4, -0.2) is 17.4 Å². The zero-order valence-corrected chi connectivity index (χ0v) is 13.7. The van der Waals surface area contributed by atoms with Crippen molar-refractivity contribution in [2.45, 2.75) is 26.4 Å². The van der Waals surface area contributed by atoms with E-state index in [9.17, 15) is 4.79 Å². The summed E-state index contributed by atoms with van der Waals surface area (Å²) < 4.78 is 0.733. The molecule has 2 N–H and O–H groups in total. The van der Waals surface area contributed by atoms with Crippen molar-refractivity contribution in [1.82, 2.24) is 4.90 Å². The normalized spacial score (nSPS) is 12.2. The highest BCUT2D eigenvalue weighted by Crippen LogP contribution is 2.24. The number of nitrogens with two attached hydrogens (primary N) is 1. The molecule has 0 saturated carbocycles. The Labute approximate surface area is 134 Å². The number of amides is 1. The lowest BCUT2D eigenvalue weighted by Gasteiger charge is -2.24. The molecule has 1 aromatic carbocycles. The van der Waals surface area contributed by atoms with Crippen LogP contribution in [0.2, 0.25) is 4.34 Å². The third kappa shape index (κ3) is 4.06. The van der Waals surface area contributed by atoms with Crippen LogP contribution in [0.3, 0.4) is 0 Å². The summed E-state index contributed by atoms with van der Waals surface area (Å²) in [6.45, 7) is 5.13. The molecule has 0 saturated heterocycles. The zero-order valence-electron chi connectivity index (χ0n) is 12.2. The number of carbonyl (C=O) groups excluding carboxylic acids is 1. The number of likely N-dealkylation sites (N-methyl/N-ethyl adjacent to an activating group) is 1. The Morgan fingerprint density at radius 2 is 1.95 bits per heavy atom. The smallest absolute Gasteiger partial charge is 0.244 e. The van der Waals surface area contributed by atoms with E-state index < -0.39 is 6.04 Å². The summed E-state index contributed by atoms with van der Waals surface area (Å²) in [6.07, 6.45) is 0. The highest BCUT2D eigenvalue weighted by Gasteiger charge is 2.22. The van der Waals surface area contributed by atoms with Crippen molar-refractivity contribution in [2.75, 3.05) is 6.54 Å². The van der Waals surface area contributed by atoms with Gasteiger partial charge in [-0.15, -0.1) is 11.3 Å². The van der Waals surface area contributed by atoms with Gasteiger partial charge in [0.05, 0.1) is 10.9 Å². The van der Waals surface area contributed by atoms with Crippen molar-refractivity contribution in [1.29, 1.82) is 0 Å². The molecular formula is C16H19ClN2OS. The highest BCUT2D eigenvalue weighted by atomic mass is 35.5. The second kappa shape index (κ2) is 7.07. The van der Waals surface area contributed by atoms with Gasteiger partial charge in [0.2, 0.25) is 5.91 Å². The molecule has 1 unspecified atom stereocenters. The van der Waals surface area contributed by atoms with Crippen LogP contribution in [0, 0.1) is 6.92 Å². The highest BCUT2D eigenvalue weighted by molar-refractivity contribution is 7.16. The molecule has 2 rings (SSSR count).